The first-order valence-corrected chi connectivity index (χ1v) is 13.3. The van der Waals surface area contributed by atoms with Crippen molar-refractivity contribution >= 4 is 22.6 Å². The Hall–Kier alpha value is -3.87. The van der Waals surface area contributed by atoms with Crippen LogP contribution in [0.2, 0.25) is 0 Å². The summed E-state index contributed by atoms with van der Waals surface area (Å²) in [4.78, 5) is 25.5. The first-order chi connectivity index (χ1) is 18.3. The Labute approximate surface area is 224 Å². The largest absolute Gasteiger partial charge is 0.496 e. The highest BCUT2D eigenvalue weighted by Gasteiger charge is 2.27. The van der Waals surface area contributed by atoms with Crippen molar-refractivity contribution in [2.24, 2.45) is 0 Å². The summed E-state index contributed by atoms with van der Waals surface area (Å²) in [6, 6.07) is 15.5. The van der Waals surface area contributed by atoms with Crippen LogP contribution < -0.4 is 9.64 Å². The number of methoxy groups -OCH3 is 1. The molecule has 7 heteroatoms. The van der Waals surface area contributed by atoms with Gasteiger partial charge in [-0.1, -0.05) is 52.0 Å². The van der Waals surface area contributed by atoms with Crippen molar-refractivity contribution in [1.82, 2.24) is 14.9 Å². The lowest BCUT2D eigenvalue weighted by Gasteiger charge is -2.36. The first kappa shape index (κ1) is 25.8. The summed E-state index contributed by atoms with van der Waals surface area (Å²) in [6.07, 6.45) is 1.82. The van der Waals surface area contributed by atoms with Gasteiger partial charge in [-0.3, -0.25) is 4.79 Å². The van der Waals surface area contributed by atoms with Gasteiger partial charge in [0.2, 0.25) is 0 Å². The van der Waals surface area contributed by atoms with Gasteiger partial charge < -0.3 is 19.5 Å². The number of fused-ring (bicyclic) bond motifs is 1. The lowest BCUT2D eigenvalue weighted by molar-refractivity contribution is 0.0741. The van der Waals surface area contributed by atoms with E-state index in [1.807, 2.05) is 61.3 Å². The molecule has 200 valence electrons. The average Bonchev–Trinajstić information content (AvgIpc) is 3.39. The minimum atomic E-state index is -0.311. The monoisotopic (exact) mass is 516 g/mol. The number of aromatic amines is 1. The van der Waals surface area contributed by atoms with E-state index >= 15 is 4.39 Å². The third-order valence-electron chi connectivity index (χ3n) is 7.44. The zero-order valence-electron chi connectivity index (χ0n) is 22.7. The highest BCUT2D eigenvalue weighted by Crippen LogP contribution is 2.39. The van der Waals surface area contributed by atoms with Crippen molar-refractivity contribution in [1.29, 1.82) is 0 Å². The van der Waals surface area contributed by atoms with Gasteiger partial charge in [-0.15, -0.1) is 0 Å². The molecule has 5 rings (SSSR count). The van der Waals surface area contributed by atoms with E-state index in [4.69, 9.17) is 4.74 Å². The van der Waals surface area contributed by atoms with Crippen LogP contribution in [-0.4, -0.2) is 54.1 Å². The Morgan fingerprint density at radius 2 is 1.68 bits per heavy atom. The zero-order valence-corrected chi connectivity index (χ0v) is 22.7. The van der Waals surface area contributed by atoms with E-state index in [0.717, 1.165) is 16.9 Å². The molecule has 1 saturated heterocycles. The number of nitrogens with zero attached hydrogens (tertiary/aromatic N) is 3. The van der Waals surface area contributed by atoms with Crippen LogP contribution in [0, 0.1) is 5.82 Å². The van der Waals surface area contributed by atoms with Crippen molar-refractivity contribution in [2.45, 2.75) is 39.5 Å². The third kappa shape index (κ3) is 4.62. The summed E-state index contributed by atoms with van der Waals surface area (Å²) in [6.45, 7) is 10.8. The molecule has 1 amide bonds. The Morgan fingerprint density at radius 3 is 2.37 bits per heavy atom. The minimum Gasteiger partial charge on any atom is -0.496 e. The fraction of sp³-hybridized carbons (Fsp3) is 0.355. The van der Waals surface area contributed by atoms with Gasteiger partial charge in [-0.25, -0.2) is 9.37 Å². The number of para-hydroxylation sites is 1. The van der Waals surface area contributed by atoms with Crippen LogP contribution in [0.25, 0.3) is 22.0 Å². The fourth-order valence-corrected chi connectivity index (χ4v) is 5.32. The van der Waals surface area contributed by atoms with E-state index in [2.05, 4.69) is 34.8 Å². The molecule has 0 atom stereocenters. The number of H-pyrrole nitrogens is 1. The van der Waals surface area contributed by atoms with E-state index in [1.54, 1.807) is 13.2 Å². The molecular formula is C31H37FN4O2. The Balaban J connectivity index is 0.00000353. The van der Waals surface area contributed by atoms with Crippen LogP contribution in [-0.2, 0) is 0 Å². The molecule has 0 spiro atoms. The van der Waals surface area contributed by atoms with E-state index in [1.165, 1.54) is 5.56 Å². The van der Waals surface area contributed by atoms with Crippen LogP contribution in [0.4, 0.5) is 10.2 Å². The van der Waals surface area contributed by atoms with Gasteiger partial charge in [-0.2, -0.15) is 0 Å². The number of pyridine rings is 1. The van der Waals surface area contributed by atoms with Crippen LogP contribution in [0.5, 0.6) is 5.75 Å². The Kier molecular flexibility index (Phi) is 7.11. The predicted molar refractivity (Wildman–Crippen MR) is 153 cm³/mol. The second-order valence-electron chi connectivity index (χ2n) is 10.5. The molecule has 3 heterocycles. The van der Waals surface area contributed by atoms with Crippen LogP contribution in [0.15, 0.2) is 54.7 Å². The van der Waals surface area contributed by atoms with E-state index < -0.39 is 0 Å². The number of anilines is 1. The molecule has 0 aliphatic carbocycles. The lowest BCUT2D eigenvalue weighted by atomic mass is 9.93. The van der Waals surface area contributed by atoms with E-state index in [9.17, 15) is 4.79 Å². The average molecular weight is 517 g/mol. The van der Waals surface area contributed by atoms with Crippen LogP contribution in [0.1, 0.15) is 62.6 Å². The van der Waals surface area contributed by atoms with Crippen molar-refractivity contribution in [3.63, 3.8) is 0 Å². The standard InChI is InChI=1S/C31H35FN4O2.H2/c1-19(2)21-10-8-12-33-30(21)35-13-15-36(16-14-35)31(37)26-18-25-24(22-9-6-7-11-27(22)38-5)17-23(20(3)4)28(32)29(25)34-26;/h6-12,17-20,34H,13-16H2,1-5H3;1H. The van der Waals surface area contributed by atoms with Crippen LogP contribution >= 0.6 is 0 Å². The third-order valence-corrected chi connectivity index (χ3v) is 7.44. The van der Waals surface area contributed by atoms with Gasteiger partial charge in [0.15, 0.2) is 5.82 Å². The smallest absolute Gasteiger partial charge is 0.270 e. The summed E-state index contributed by atoms with van der Waals surface area (Å²) in [5.41, 5.74) is 4.27. The number of halogens is 1. The molecule has 0 saturated carbocycles. The second kappa shape index (κ2) is 10.5. The van der Waals surface area contributed by atoms with Gasteiger partial charge >= 0.3 is 0 Å². The lowest BCUT2D eigenvalue weighted by Crippen LogP contribution is -2.49. The minimum absolute atomic E-state index is 0. The zero-order chi connectivity index (χ0) is 27.0. The fourth-order valence-electron chi connectivity index (χ4n) is 5.32. The van der Waals surface area contributed by atoms with E-state index in [-0.39, 0.29) is 19.1 Å². The molecule has 38 heavy (non-hydrogen) atoms. The summed E-state index contributed by atoms with van der Waals surface area (Å²) < 4.78 is 21.3. The Morgan fingerprint density at radius 1 is 0.974 bits per heavy atom. The summed E-state index contributed by atoms with van der Waals surface area (Å²) in [5.74, 6) is 1.61. The maximum Gasteiger partial charge on any atom is 0.270 e. The van der Waals surface area contributed by atoms with Gasteiger partial charge in [0.1, 0.15) is 17.3 Å². The quantitative estimate of drug-likeness (QED) is 0.305. The van der Waals surface area contributed by atoms with Crippen LogP contribution in [0.3, 0.4) is 0 Å². The number of benzene rings is 2. The molecule has 1 aliphatic rings. The van der Waals surface area contributed by atoms with Crippen molar-refractivity contribution < 1.29 is 15.3 Å². The maximum absolute atomic E-state index is 15.7. The number of hydrogen-bond donors (Lipinski definition) is 1. The summed E-state index contributed by atoms with van der Waals surface area (Å²) in [7, 11) is 1.63. The Bertz CT molecular complexity index is 1470. The number of amides is 1. The van der Waals surface area contributed by atoms with Crippen molar-refractivity contribution in [2.75, 3.05) is 38.2 Å². The number of rotatable bonds is 6. The predicted octanol–water partition coefficient (Wildman–Crippen LogP) is 6.83. The number of hydrogen-bond acceptors (Lipinski definition) is 4. The first-order valence-electron chi connectivity index (χ1n) is 13.3. The molecule has 4 aromatic rings. The maximum atomic E-state index is 15.7. The second-order valence-corrected chi connectivity index (χ2v) is 10.5. The normalized spacial score (nSPS) is 14.1. The topological polar surface area (TPSA) is 61.5 Å². The highest BCUT2D eigenvalue weighted by molar-refractivity contribution is 6.04. The molecule has 1 aliphatic heterocycles. The number of ether oxygens (including phenoxy) is 1. The molecule has 2 aromatic carbocycles. The van der Waals surface area contributed by atoms with Gasteiger partial charge in [0.25, 0.3) is 5.91 Å². The molecule has 0 radical (unpaired) electrons. The van der Waals surface area contributed by atoms with Gasteiger partial charge in [0.05, 0.1) is 12.6 Å². The molecular weight excluding hydrogens is 479 g/mol. The van der Waals surface area contributed by atoms with Crippen molar-refractivity contribution in [3.05, 3.63) is 77.4 Å². The number of carbonyl (C=O) groups is 1. The molecule has 2 aromatic heterocycles. The molecule has 0 unspecified atom stereocenters. The SMILES string of the molecule is COc1ccccc1-c1cc(C(C)C)c(F)c2[nH]c(C(=O)N3CCN(c4ncccc4C(C)C)CC3)cc12.[HH]. The molecule has 0 bridgehead atoms. The number of nitrogens with one attached hydrogen (secondary N) is 1. The molecule has 6 nitrogen and oxygen atoms in total. The van der Waals surface area contributed by atoms with Gasteiger partial charge in [-0.05, 0) is 52.8 Å². The van der Waals surface area contributed by atoms with Gasteiger partial charge in [0, 0.05) is 44.8 Å². The van der Waals surface area contributed by atoms with Crippen molar-refractivity contribution in [3.8, 4) is 16.9 Å². The highest BCUT2D eigenvalue weighted by atomic mass is 19.1. The molecule has 1 fully saturated rings. The number of piperazine rings is 1. The summed E-state index contributed by atoms with van der Waals surface area (Å²) in [5, 5.41) is 0.674. The summed E-state index contributed by atoms with van der Waals surface area (Å²) >= 11 is 0. The van der Waals surface area contributed by atoms with E-state index in [0.29, 0.717) is 60.0 Å². The number of carbonyl (C=O) groups excluding carboxylic acids is 1. The molecule has 1 N–H and O–H groups in total. The number of aromatic nitrogens is 2.